The Kier molecular flexibility index (Phi) is 3.03. The van der Waals surface area contributed by atoms with Crippen molar-refractivity contribution in [2.45, 2.75) is 13.5 Å². The summed E-state index contributed by atoms with van der Waals surface area (Å²) in [4.78, 5) is 12.5. The van der Waals surface area contributed by atoms with E-state index >= 15 is 0 Å². The van der Waals surface area contributed by atoms with Gasteiger partial charge in [0.15, 0.2) is 5.69 Å². The van der Waals surface area contributed by atoms with Crippen molar-refractivity contribution in [1.82, 2.24) is 24.4 Å². The van der Waals surface area contributed by atoms with E-state index in [1.54, 1.807) is 0 Å². The van der Waals surface area contributed by atoms with Crippen LogP contribution < -0.4 is 5.56 Å². The van der Waals surface area contributed by atoms with E-state index < -0.39 is 0 Å². The maximum absolute atomic E-state index is 12.5. The first-order valence-corrected chi connectivity index (χ1v) is 6.19. The van der Waals surface area contributed by atoms with Gasteiger partial charge in [0, 0.05) is 5.56 Å². The van der Waals surface area contributed by atoms with Gasteiger partial charge in [-0.15, -0.1) is 10.2 Å². The Morgan fingerprint density at radius 3 is 2.70 bits per heavy atom. The SMILES string of the molecule is Cc1ccc(-c2nn3cnnc3n(CCO)c2=O)cc1. The lowest BCUT2D eigenvalue weighted by Crippen LogP contribution is -2.27. The Labute approximate surface area is 114 Å². The Morgan fingerprint density at radius 1 is 1.25 bits per heavy atom. The van der Waals surface area contributed by atoms with Crippen LogP contribution in [-0.2, 0) is 6.54 Å². The predicted molar refractivity (Wildman–Crippen MR) is 72.3 cm³/mol. The molecular weight excluding hydrogens is 258 g/mol. The van der Waals surface area contributed by atoms with E-state index in [1.165, 1.54) is 15.4 Å². The van der Waals surface area contributed by atoms with Crippen LogP contribution in [0.5, 0.6) is 0 Å². The molecule has 102 valence electrons. The molecule has 0 radical (unpaired) electrons. The summed E-state index contributed by atoms with van der Waals surface area (Å²) in [5, 5.41) is 20.9. The van der Waals surface area contributed by atoms with Crippen LogP contribution in [0.25, 0.3) is 17.0 Å². The third-order valence-corrected chi connectivity index (χ3v) is 3.06. The normalized spacial score (nSPS) is 11.1. The van der Waals surface area contributed by atoms with Gasteiger partial charge in [0.1, 0.15) is 6.33 Å². The number of aryl methyl sites for hydroxylation is 1. The average Bonchev–Trinajstić information content (AvgIpc) is 2.91. The molecule has 2 heterocycles. The number of aliphatic hydroxyl groups is 1. The summed E-state index contributed by atoms with van der Waals surface area (Å²) < 4.78 is 2.81. The van der Waals surface area contributed by atoms with E-state index in [0.29, 0.717) is 11.5 Å². The highest BCUT2D eigenvalue weighted by Crippen LogP contribution is 2.14. The number of hydrogen-bond acceptors (Lipinski definition) is 5. The van der Waals surface area contributed by atoms with Gasteiger partial charge < -0.3 is 5.11 Å². The maximum Gasteiger partial charge on any atom is 0.281 e. The quantitative estimate of drug-likeness (QED) is 0.738. The molecule has 2 aromatic heterocycles. The molecule has 0 saturated heterocycles. The molecule has 0 saturated carbocycles. The molecule has 0 fully saturated rings. The Hall–Kier alpha value is -2.54. The summed E-state index contributed by atoms with van der Waals surface area (Å²) in [7, 11) is 0. The van der Waals surface area contributed by atoms with Crippen molar-refractivity contribution in [3.63, 3.8) is 0 Å². The molecule has 0 aliphatic rings. The van der Waals surface area contributed by atoms with Crippen LogP contribution >= 0.6 is 0 Å². The first kappa shape index (κ1) is 12.5. The van der Waals surface area contributed by atoms with Crippen LogP contribution in [0.1, 0.15) is 5.56 Å². The van der Waals surface area contributed by atoms with Crippen molar-refractivity contribution < 1.29 is 5.11 Å². The molecule has 0 amide bonds. The van der Waals surface area contributed by atoms with Crippen molar-refractivity contribution in [3.05, 3.63) is 46.5 Å². The number of rotatable bonds is 3. The molecule has 0 atom stereocenters. The van der Waals surface area contributed by atoms with Crippen molar-refractivity contribution in [2.75, 3.05) is 6.61 Å². The van der Waals surface area contributed by atoms with Gasteiger partial charge >= 0.3 is 0 Å². The number of benzene rings is 1. The van der Waals surface area contributed by atoms with Crippen LogP contribution in [-0.4, -0.2) is 36.1 Å². The van der Waals surface area contributed by atoms with E-state index in [1.807, 2.05) is 31.2 Å². The maximum atomic E-state index is 12.5. The fourth-order valence-corrected chi connectivity index (χ4v) is 2.04. The molecule has 7 nitrogen and oxygen atoms in total. The fraction of sp³-hybridized carbons (Fsp3) is 0.231. The molecule has 3 aromatic rings. The van der Waals surface area contributed by atoms with Crippen molar-refractivity contribution in [2.24, 2.45) is 0 Å². The number of nitrogens with zero attached hydrogens (tertiary/aromatic N) is 5. The lowest BCUT2D eigenvalue weighted by molar-refractivity contribution is 0.275. The third-order valence-electron chi connectivity index (χ3n) is 3.06. The van der Waals surface area contributed by atoms with Crippen LogP contribution in [0.3, 0.4) is 0 Å². The first-order chi connectivity index (χ1) is 9.70. The highest BCUT2D eigenvalue weighted by atomic mass is 16.3. The van der Waals surface area contributed by atoms with Crippen molar-refractivity contribution >= 4 is 5.78 Å². The summed E-state index contributed by atoms with van der Waals surface area (Å²) >= 11 is 0. The predicted octanol–water partition coefficient (Wildman–Crippen LogP) is 0.254. The zero-order chi connectivity index (χ0) is 14.1. The van der Waals surface area contributed by atoms with Crippen molar-refractivity contribution in [3.8, 4) is 11.3 Å². The Balaban J connectivity index is 2.27. The molecule has 1 N–H and O–H groups in total. The molecule has 7 heteroatoms. The minimum absolute atomic E-state index is 0.153. The van der Waals surface area contributed by atoms with Gasteiger partial charge in [0.25, 0.3) is 11.3 Å². The molecular formula is C13H13N5O2. The van der Waals surface area contributed by atoms with Gasteiger partial charge in [-0.1, -0.05) is 29.8 Å². The van der Waals surface area contributed by atoms with Crippen LogP contribution in [0.2, 0.25) is 0 Å². The summed E-state index contributed by atoms with van der Waals surface area (Å²) in [5.74, 6) is 0.319. The van der Waals surface area contributed by atoms with Crippen molar-refractivity contribution in [1.29, 1.82) is 0 Å². The first-order valence-electron chi connectivity index (χ1n) is 6.19. The number of aromatic nitrogens is 5. The highest BCUT2D eigenvalue weighted by molar-refractivity contribution is 5.58. The summed E-state index contributed by atoms with van der Waals surface area (Å²) in [6.45, 7) is 1.98. The molecule has 0 spiro atoms. The number of fused-ring (bicyclic) bond motifs is 1. The monoisotopic (exact) mass is 271 g/mol. The second-order valence-electron chi connectivity index (χ2n) is 4.47. The number of hydrogen-bond donors (Lipinski definition) is 1. The summed E-state index contributed by atoms with van der Waals surface area (Å²) in [6.07, 6.45) is 1.43. The van der Waals surface area contributed by atoms with Gasteiger partial charge in [0.2, 0.25) is 0 Å². The Bertz CT molecular complexity index is 804. The molecule has 0 unspecified atom stereocenters. The zero-order valence-corrected chi connectivity index (χ0v) is 10.9. The summed E-state index contributed by atoms with van der Waals surface area (Å²) in [5.41, 5.74) is 1.85. The van der Waals surface area contributed by atoms with Crippen LogP contribution in [0.15, 0.2) is 35.4 Å². The number of aliphatic hydroxyl groups excluding tert-OH is 1. The lowest BCUT2D eigenvalue weighted by Gasteiger charge is -2.08. The van der Waals surface area contributed by atoms with Crippen LogP contribution in [0, 0.1) is 6.92 Å². The molecule has 3 rings (SSSR count). The molecule has 0 aliphatic heterocycles. The Morgan fingerprint density at radius 2 is 2.00 bits per heavy atom. The molecule has 0 bridgehead atoms. The highest BCUT2D eigenvalue weighted by Gasteiger charge is 2.13. The summed E-state index contributed by atoms with van der Waals surface area (Å²) in [6, 6.07) is 7.53. The molecule has 0 aliphatic carbocycles. The van der Waals surface area contributed by atoms with Gasteiger partial charge in [-0.2, -0.15) is 9.61 Å². The lowest BCUT2D eigenvalue weighted by atomic mass is 10.1. The van der Waals surface area contributed by atoms with Gasteiger partial charge in [-0.3, -0.25) is 9.36 Å². The second-order valence-corrected chi connectivity index (χ2v) is 4.47. The minimum Gasteiger partial charge on any atom is -0.395 e. The van der Waals surface area contributed by atoms with E-state index in [-0.39, 0.29) is 18.7 Å². The minimum atomic E-state index is -0.289. The van der Waals surface area contributed by atoms with Gasteiger partial charge in [-0.25, -0.2) is 0 Å². The third kappa shape index (κ3) is 1.97. The smallest absolute Gasteiger partial charge is 0.281 e. The van der Waals surface area contributed by atoms with Gasteiger partial charge in [-0.05, 0) is 6.92 Å². The van der Waals surface area contributed by atoms with E-state index in [2.05, 4.69) is 15.3 Å². The zero-order valence-electron chi connectivity index (χ0n) is 10.9. The second kappa shape index (κ2) is 4.86. The largest absolute Gasteiger partial charge is 0.395 e. The molecule has 1 aromatic carbocycles. The fourth-order valence-electron chi connectivity index (χ4n) is 2.04. The van der Waals surface area contributed by atoms with E-state index in [4.69, 9.17) is 5.11 Å². The topological polar surface area (TPSA) is 85.3 Å². The van der Waals surface area contributed by atoms with E-state index in [0.717, 1.165) is 11.1 Å². The van der Waals surface area contributed by atoms with Gasteiger partial charge in [0.05, 0.1) is 13.2 Å². The molecule has 20 heavy (non-hydrogen) atoms. The average molecular weight is 271 g/mol. The standard InChI is InChI=1S/C13H13N5O2/c1-9-2-4-10(5-3-9)11-12(20)17(6-7-19)13-15-14-8-18(13)16-11/h2-5,8,19H,6-7H2,1H3. The van der Waals surface area contributed by atoms with Crippen LogP contribution in [0.4, 0.5) is 0 Å². The van der Waals surface area contributed by atoms with E-state index in [9.17, 15) is 4.79 Å².